The first-order valence-electron chi connectivity index (χ1n) is 20.3. The van der Waals surface area contributed by atoms with E-state index in [1.54, 1.807) is 0 Å². The number of hydrogen-bond donors (Lipinski definition) is 4. The minimum absolute atomic E-state index is 0. The molecule has 3 unspecified atom stereocenters. The first-order valence-corrected chi connectivity index (χ1v) is 25.3. The zero-order valence-electron chi connectivity index (χ0n) is 39.7. The number of phosphoric ester groups is 1. The Labute approximate surface area is 451 Å². The monoisotopic (exact) mass is 1160 g/mol. The summed E-state index contributed by atoms with van der Waals surface area (Å²) in [7, 11) is -6.90. The number of hydrogen-bond acceptors (Lipinski definition) is 12. The molecule has 404 valence electrons. The number of rotatable bonds is 18. The standard InChI is InChI=1S/C40H35ClF10N8O4S2.C2H5O6P.Na/c1-37(2,64(5)62)12-11-24-7-8-25(26-9-10-27(41)33-35(26)58(20-39(46,47)48)56-36(33)59(65(6)63)32(61)18-52-4)34(53-24)28(15-21-13-22(42)16-23(43)14-21)54-31(60)19-57-30(38(3,44)45)17-29(55-57)40(49,50)51;3-1-7-2-8-9(4,5)6;/h7-10,13-14,16,28,52H,3,15,18-20H2,1-2,4-6H3,(H,54,60);1H,2H2,(H2,4,5,6);/q-2;;+1. The van der Waals surface area contributed by atoms with Crippen molar-refractivity contribution in [1.82, 2.24) is 35.2 Å². The number of benzene rings is 2. The summed E-state index contributed by atoms with van der Waals surface area (Å²) in [6.45, 7) is 1.25. The number of nitrogens with zero attached hydrogens (tertiary/aromatic N) is 6. The number of alkyl halides is 8. The third-order valence-corrected chi connectivity index (χ3v) is 12.8. The van der Waals surface area contributed by atoms with E-state index in [-0.39, 0.29) is 79.2 Å². The Morgan fingerprint density at radius 1 is 1.00 bits per heavy atom. The summed E-state index contributed by atoms with van der Waals surface area (Å²) in [4.78, 5) is 56.9. The van der Waals surface area contributed by atoms with Crippen LogP contribution in [0.4, 0.5) is 49.7 Å². The molecule has 0 bridgehead atoms. The molecule has 3 aromatic heterocycles. The van der Waals surface area contributed by atoms with Crippen LogP contribution in [0.15, 0.2) is 42.5 Å². The van der Waals surface area contributed by atoms with Gasteiger partial charge in [0.25, 0.3) is 12.4 Å². The quantitative estimate of drug-likeness (QED) is 0.0144. The van der Waals surface area contributed by atoms with Gasteiger partial charge in [-0.25, -0.2) is 45.2 Å². The molecule has 2 amide bonds. The molecule has 0 aliphatic carbocycles. The number of pyridine rings is 1. The van der Waals surface area contributed by atoms with E-state index in [1.807, 2.05) is 0 Å². The van der Waals surface area contributed by atoms with Crippen LogP contribution in [0.5, 0.6) is 0 Å². The van der Waals surface area contributed by atoms with Gasteiger partial charge >= 0.3 is 49.7 Å². The summed E-state index contributed by atoms with van der Waals surface area (Å²) in [6.07, 6.45) is -8.49. The van der Waals surface area contributed by atoms with Gasteiger partial charge < -0.3 is 31.2 Å². The van der Waals surface area contributed by atoms with Gasteiger partial charge in [0.15, 0.2) is 5.82 Å². The van der Waals surface area contributed by atoms with E-state index in [2.05, 4.69) is 53.8 Å². The molecule has 3 atom stereocenters. The SMILES string of the molecule is O=COCOP(=O)(O)O.[CH2-]C(F)(F)c1[c-]c(C(F)(F)F)nn1CC(=O)NC(Cc1cc(F)cc(F)c1)c1nc(C#CC(C)(C)S(C)=O)ccc1-c1ccc(Cl)c2c(N(C(=O)CNC)S(C)=O)nn(CC(F)(F)F)c12.[Na+]. The molecule has 75 heavy (non-hydrogen) atoms. The summed E-state index contributed by atoms with van der Waals surface area (Å²) in [5.41, 5.74) is -4.93. The van der Waals surface area contributed by atoms with Crippen molar-refractivity contribution < 1.29 is 120 Å². The summed E-state index contributed by atoms with van der Waals surface area (Å²) in [6, 6.07) is 6.86. The van der Waals surface area contributed by atoms with Gasteiger partial charge in [0.2, 0.25) is 12.7 Å². The predicted molar refractivity (Wildman–Crippen MR) is 246 cm³/mol. The van der Waals surface area contributed by atoms with E-state index in [1.165, 1.54) is 57.5 Å². The Balaban J connectivity index is 0.00000135. The van der Waals surface area contributed by atoms with Crippen LogP contribution in [-0.2, 0) is 81.6 Å². The Kier molecular flexibility index (Phi) is 22.4. The van der Waals surface area contributed by atoms with Crippen LogP contribution in [0, 0.1) is 36.5 Å². The molecule has 0 spiro atoms. The number of ether oxygens (including phenoxy) is 1. The first-order chi connectivity index (χ1) is 34.1. The molecular weight excluding hydrogens is 1120 g/mol. The maximum Gasteiger partial charge on any atom is 1.00 e. The number of fused-ring (bicyclic) bond motifs is 1. The number of halogens is 11. The normalized spacial score (nSPS) is 13.3. The summed E-state index contributed by atoms with van der Waals surface area (Å²) in [5.74, 6) is -3.75. The number of carbonyl (C=O) groups is 3. The van der Waals surface area contributed by atoms with Gasteiger partial charge in [0, 0.05) is 40.5 Å². The number of anilines is 1. The second-order valence-electron chi connectivity index (χ2n) is 15.7. The minimum atomic E-state index is -5.29. The average molecular weight is 1160 g/mol. The van der Waals surface area contributed by atoms with Crippen molar-refractivity contribution in [2.24, 2.45) is 0 Å². The van der Waals surface area contributed by atoms with Crippen molar-refractivity contribution in [3.63, 3.8) is 0 Å². The van der Waals surface area contributed by atoms with Crippen LogP contribution in [0.1, 0.15) is 48.2 Å². The van der Waals surface area contributed by atoms with Gasteiger partial charge in [0.1, 0.15) is 52.1 Å². The zero-order chi connectivity index (χ0) is 55.9. The molecular formula is C42H40ClF10N8NaO10PS2-. The molecule has 3 heterocycles. The maximum atomic E-state index is 14.7. The summed E-state index contributed by atoms with van der Waals surface area (Å²) < 4.78 is 185. The molecule has 0 aliphatic rings. The molecule has 5 rings (SSSR count). The smallest absolute Gasteiger partial charge is 0.440 e. The summed E-state index contributed by atoms with van der Waals surface area (Å²) >= 11 is 6.62. The maximum absolute atomic E-state index is 14.7. The topological polar surface area (TPSA) is 237 Å². The van der Waals surface area contributed by atoms with Gasteiger partial charge in [-0.1, -0.05) is 23.6 Å². The van der Waals surface area contributed by atoms with Crippen molar-refractivity contribution >= 4 is 76.2 Å². The number of carbonyl (C=O) groups excluding carboxylic acids is 3. The van der Waals surface area contributed by atoms with Gasteiger partial charge in [-0.15, -0.1) is 5.69 Å². The first kappa shape index (κ1) is 64.5. The summed E-state index contributed by atoms with van der Waals surface area (Å²) in [5, 5.41) is 11.5. The Morgan fingerprint density at radius 2 is 1.61 bits per heavy atom. The van der Waals surface area contributed by atoms with Crippen LogP contribution >= 0.6 is 19.4 Å². The van der Waals surface area contributed by atoms with Gasteiger partial charge in [-0.3, -0.25) is 34.9 Å². The van der Waals surface area contributed by atoms with Crippen molar-refractivity contribution in [3.05, 3.63) is 100 Å². The number of amides is 2. The van der Waals surface area contributed by atoms with E-state index in [0.717, 1.165) is 18.4 Å². The van der Waals surface area contributed by atoms with Crippen LogP contribution < -0.4 is 44.5 Å². The van der Waals surface area contributed by atoms with E-state index in [0.29, 0.717) is 15.1 Å². The van der Waals surface area contributed by atoms with Crippen LogP contribution in [0.25, 0.3) is 22.0 Å². The predicted octanol–water partition coefficient (Wildman–Crippen LogP) is 3.22. The zero-order valence-corrected chi connectivity index (χ0v) is 45.0. The molecule has 0 fully saturated rings. The second kappa shape index (κ2) is 26.0. The fourth-order valence-corrected chi connectivity index (χ4v) is 7.77. The van der Waals surface area contributed by atoms with Crippen LogP contribution in [0.3, 0.4) is 0 Å². The van der Waals surface area contributed by atoms with Gasteiger partial charge in [0.05, 0.1) is 34.2 Å². The Hall–Kier alpha value is -4.80. The van der Waals surface area contributed by atoms with E-state index in [4.69, 9.17) is 21.4 Å². The molecule has 0 aliphatic heterocycles. The van der Waals surface area contributed by atoms with Crippen LogP contribution in [0.2, 0.25) is 5.02 Å². The fraction of sp³-hybridized carbons (Fsp3) is 0.357. The molecule has 18 nitrogen and oxygen atoms in total. The van der Waals surface area contributed by atoms with Gasteiger partial charge in [-0.05, 0) is 74.8 Å². The Bertz CT molecular complexity index is 3050. The molecule has 4 N–H and O–H groups in total. The number of phosphoric acid groups is 1. The van der Waals surface area contributed by atoms with Crippen molar-refractivity contribution in [2.45, 2.75) is 62.4 Å². The second-order valence-corrected chi connectivity index (χ2v) is 20.5. The van der Waals surface area contributed by atoms with Gasteiger partial charge in [-0.2, -0.15) is 31.4 Å². The Morgan fingerprint density at radius 3 is 2.13 bits per heavy atom. The van der Waals surface area contributed by atoms with Crippen molar-refractivity contribution in [2.75, 3.05) is 37.2 Å². The molecule has 0 radical (unpaired) electrons. The molecule has 2 aromatic carbocycles. The molecule has 0 saturated heterocycles. The average Bonchev–Trinajstić information content (AvgIpc) is 3.85. The van der Waals surface area contributed by atoms with E-state index >= 15 is 0 Å². The van der Waals surface area contributed by atoms with E-state index in [9.17, 15) is 71.3 Å². The van der Waals surface area contributed by atoms with Crippen molar-refractivity contribution in [1.29, 1.82) is 0 Å². The van der Waals surface area contributed by atoms with E-state index < -0.39 is 138 Å². The number of likely N-dealkylation sites (N-methyl/N-ethyl adjacent to an activating group) is 1. The number of nitrogens with one attached hydrogen (secondary N) is 2. The molecule has 5 aromatic rings. The molecule has 33 heteroatoms. The van der Waals surface area contributed by atoms with Crippen LogP contribution in [-0.4, -0.2) is 105 Å². The largest absolute Gasteiger partial charge is 1.00 e. The molecule has 0 saturated carbocycles. The third-order valence-electron chi connectivity index (χ3n) is 9.59. The fourth-order valence-electron chi connectivity index (χ4n) is 6.41. The van der Waals surface area contributed by atoms with Crippen molar-refractivity contribution in [3.8, 4) is 23.0 Å². The minimum Gasteiger partial charge on any atom is -0.440 e. The number of aromatic nitrogens is 5. The third kappa shape index (κ3) is 18.2.